The Balaban J connectivity index is 1.72. The molecule has 3 amide bonds. The Morgan fingerprint density at radius 2 is 1.97 bits per heavy atom. The van der Waals surface area contributed by atoms with Crippen LogP contribution in [0.15, 0.2) is 48.5 Å². The molecular weight excluding hydrogens is 426 g/mol. The predicted molar refractivity (Wildman–Crippen MR) is 123 cm³/mol. The maximum atomic E-state index is 13.0. The van der Waals surface area contributed by atoms with Crippen LogP contribution in [0.2, 0.25) is 0 Å². The Morgan fingerprint density at radius 3 is 2.61 bits per heavy atom. The van der Waals surface area contributed by atoms with Crippen LogP contribution in [0.5, 0.6) is 0 Å². The summed E-state index contributed by atoms with van der Waals surface area (Å²) in [6.07, 6.45) is -3.14. The lowest BCUT2D eigenvalue weighted by atomic mass is 10.1. The second-order valence-corrected chi connectivity index (χ2v) is 7.58. The number of hydrogen-bond acceptors (Lipinski definition) is 6. The second-order valence-electron chi connectivity index (χ2n) is 7.58. The molecule has 0 aromatic heterocycles. The van der Waals surface area contributed by atoms with Gasteiger partial charge in [-0.1, -0.05) is 6.07 Å². The van der Waals surface area contributed by atoms with Crippen LogP contribution in [-0.4, -0.2) is 72.5 Å². The molecule has 1 heterocycles. The fourth-order valence-corrected chi connectivity index (χ4v) is 3.35. The van der Waals surface area contributed by atoms with Crippen molar-refractivity contribution in [3.8, 4) is 0 Å². The fourth-order valence-electron chi connectivity index (χ4n) is 3.35. The lowest BCUT2D eigenvalue weighted by molar-refractivity contribution is -0.150. The number of carbonyl (C=O) groups excluding carboxylic acids is 3. The monoisotopic (exact) mass is 453 g/mol. The minimum Gasteiger partial charge on any atom is -0.384 e. The highest BCUT2D eigenvalue weighted by atomic mass is 16.5. The summed E-state index contributed by atoms with van der Waals surface area (Å²) in [6.45, 7) is 2.74. The van der Waals surface area contributed by atoms with Gasteiger partial charge in [0.2, 0.25) is 0 Å². The number of nitrogen functional groups attached to an aromatic ring is 1. The van der Waals surface area contributed by atoms with Gasteiger partial charge in [-0.15, -0.1) is 0 Å². The molecule has 5 N–H and O–H groups in total. The Morgan fingerprint density at radius 1 is 1.27 bits per heavy atom. The van der Waals surface area contributed by atoms with Crippen LogP contribution in [0.25, 0.3) is 0 Å². The largest absolute Gasteiger partial charge is 0.384 e. The van der Waals surface area contributed by atoms with Crippen LogP contribution >= 0.6 is 0 Å². The first-order valence-corrected chi connectivity index (χ1v) is 10.4. The minimum atomic E-state index is -1.75. The molecule has 2 atom stereocenters. The number of nitrogens with one attached hydrogen (secondary N) is 2. The van der Waals surface area contributed by atoms with Gasteiger partial charge in [-0.25, -0.2) is 0 Å². The van der Waals surface area contributed by atoms with Gasteiger partial charge >= 0.3 is 0 Å². The van der Waals surface area contributed by atoms with E-state index in [4.69, 9.17) is 15.9 Å². The van der Waals surface area contributed by atoms with E-state index in [1.807, 2.05) is 6.92 Å². The van der Waals surface area contributed by atoms with Crippen LogP contribution in [0.3, 0.4) is 0 Å². The van der Waals surface area contributed by atoms with Crippen LogP contribution in [0.4, 0.5) is 11.4 Å². The first kappa shape index (κ1) is 23.9. The molecule has 1 aliphatic rings. The molecule has 10 nitrogen and oxygen atoms in total. The number of aliphatic hydroxyl groups is 1. The summed E-state index contributed by atoms with van der Waals surface area (Å²) < 4.78 is 5.42. The number of rotatable bonds is 7. The van der Waals surface area contributed by atoms with Crippen molar-refractivity contribution in [2.75, 3.05) is 37.0 Å². The minimum absolute atomic E-state index is 0.110. The van der Waals surface area contributed by atoms with Crippen LogP contribution in [0.1, 0.15) is 22.8 Å². The Bertz CT molecular complexity index is 1060. The summed E-state index contributed by atoms with van der Waals surface area (Å²) in [5, 5.41) is 20.5. The number of hydrogen-bond donors (Lipinski definition) is 4. The average molecular weight is 453 g/mol. The van der Waals surface area contributed by atoms with Gasteiger partial charge in [-0.2, -0.15) is 0 Å². The zero-order valence-electron chi connectivity index (χ0n) is 18.4. The predicted octanol–water partition coefficient (Wildman–Crippen LogP) is 0.794. The first-order valence-electron chi connectivity index (χ1n) is 10.4. The van der Waals surface area contributed by atoms with E-state index in [0.717, 1.165) is 0 Å². The second kappa shape index (κ2) is 10.2. The summed E-state index contributed by atoms with van der Waals surface area (Å²) in [4.78, 5) is 41.0. The van der Waals surface area contributed by atoms with Crippen LogP contribution in [0, 0.1) is 5.41 Å². The molecule has 0 saturated carbocycles. The van der Waals surface area contributed by atoms with Gasteiger partial charge in [-0.05, 0) is 49.4 Å². The lowest BCUT2D eigenvalue weighted by Crippen LogP contribution is -2.55. The van der Waals surface area contributed by atoms with Gasteiger partial charge in [0.25, 0.3) is 17.7 Å². The Kier molecular flexibility index (Phi) is 7.41. The molecule has 0 spiro atoms. The van der Waals surface area contributed by atoms with Crippen molar-refractivity contribution in [3.05, 3.63) is 59.7 Å². The lowest BCUT2D eigenvalue weighted by Gasteiger charge is -2.34. The third-order valence-corrected chi connectivity index (χ3v) is 5.37. The van der Waals surface area contributed by atoms with Gasteiger partial charge in [0.1, 0.15) is 5.84 Å². The fraction of sp³-hybridized carbons (Fsp3) is 0.304. The van der Waals surface area contributed by atoms with Gasteiger partial charge < -0.3 is 30.7 Å². The quantitative estimate of drug-likeness (QED) is 0.360. The van der Waals surface area contributed by atoms with Gasteiger partial charge in [-0.3, -0.25) is 19.8 Å². The average Bonchev–Trinajstić information content (AvgIpc) is 2.83. The smallest absolute Gasteiger partial charge is 0.259 e. The number of anilines is 2. The third kappa shape index (κ3) is 5.36. The van der Waals surface area contributed by atoms with E-state index in [2.05, 4.69) is 5.32 Å². The van der Waals surface area contributed by atoms with Crippen molar-refractivity contribution in [1.82, 2.24) is 4.90 Å². The highest BCUT2D eigenvalue weighted by Gasteiger charge is 2.39. The Hall–Kier alpha value is -3.76. The number of ether oxygens (including phenoxy) is 1. The summed E-state index contributed by atoms with van der Waals surface area (Å²) in [7, 11) is 1.69. The number of carbonyl (C=O) groups is 3. The maximum Gasteiger partial charge on any atom is 0.259 e. The number of benzene rings is 2. The van der Waals surface area contributed by atoms with Crippen molar-refractivity contribution in [2.24, 2.45) is 5.73 Å². The number of nitrogens with two attached hydrogens (primary N) is 1. The molecule has 10 heteroatoms. The standard InChI is InChI=1S/C23H27N5O5/c1-3-27(2)22(31)15-5-4-6-17(13-15)28-11-12-33-19(23(28)32)18(29)21(30)26-16-9-7-14(8-10-16)20(24)25/h4-10,13,18-19,29H,3,11-12H2,1-2H3,(H3,24,25)(H,26,30)/t18-,19-/m1/s1. The molecular formula is C23H27N5O5. The molecule has 1 saturated heterocycles. The molecule has 0 unspecified atom stereocenters. The number of amides is 3. The molecule has 0 bridgehead atoms. The molecule has 33 heavy (non-hydrogen) atoms. The maximum absolute atomic E-state index is 13.0. The van der Waals surface area contributed by atoms with Crippen LogP contribution < -0.4 is 16.0 Å². The molecule has 174 valence electrons. The molecule has 1 aliphatic heterocycles. The first-order chi connectivity index (χ1) is 15.7. The number of nitrogens with zero attached hydrogens (tertiary/aromatic N) is 2. The molecule has 1 fully saturated rings. The van der Waals surface area contributed by atoms with Crippen molar-refractivity contribution < 1.29 is 24.2 Å². The van der Waals surface area contributed by atoms with E-state index in [0.29, 0.717) is 29.0 Å². The summed E-state index contributed by atoms with van der Waals surface area (Å²) in [5.74, 6) is -1.67. The zero-order valence-corrected chi connectivity index (χ0v) is 18.4. The Labute approximate surface area is 191 Å². The van der Waals surface area contributed by atoms with E-state index >= 15 is 0 Å². The highest BCUT2D eigenvalue weighted by molar-refractivity contribution is 6.04. The molecule has 2 aromatic rings. The summed E-state index contributed by atoms with van der Waals surface area (Å²) >= 11 is 0. The van der Waals surface area contributed by atoms with Crippen LogP contribution in [-0.2, 0) is 14.3 Å². The van der Waals surface area contributed by atoms with Crippen molar-refractivity contribution in [2.45, 2.75) is 19.1 Å². The van der Waals surface area contributed by atoms with Crippen molar-refractivity contribution in [1.29, 1.82) is 5.41 Å². The number of aliphatic hydroxyl groups excluding tert-OH is 1. The zero-order chi connectivity index (χ0) is 24.1. The summed E-state index contributed by atoms with van der Waals surface area (Å²) in [6, 6.07) is 12.8. The van der Waals surface area contributed by atoms with Gasteiger partial charge in [0, 0.05) is 42.6 Å². The van der Waals surface area contributed by atoms with E-state index in [9.17, 15) is 19.5 Å². The molecule has 0 aliphatic carbocycles. The number of morpholine rings is 1. The van der Waals surface area contributed by atoms with E-state index in [1.165, 1.54) is 17.0 Å². The van der Waals surface area contributed by atoms with E-state index in [1.54, 1.807) is 48.3 Å². The van der Waals surface area contributed by atoms with Crippen molar-refractivity contribution >= 4 is 34.9 Å². The SMILES string of the molecule is CCN(C)C(=O)c1cccc(N2CCO[C@H]([C@@H](O)C(=O)Nc3ccc(C(=N)N)cc3)C2=O)c1. The summed E-state index contributed by atoms with van der Waals surface area (Å²) in [5.41, 5.74) is 7.18. The molecule has 0 radical (unpaired) electrons. The number of amidine groups is 1. The van der Waals surface area contributed by atoms with Gasteiger partial charge in [0.05, 0.1) is 6.61 Å². The normalized spacial score (nSPS) is 16.8. The van der Waals surface area contributed by atoms with Crippen molar-refractivity contribution in [3.63, 3.8) is 0 Å². The van der Waals surface area contributed by atoms with E-state index < -0.39 is 24.0 Å². The highest BCUT2D eigenvalue weighted by Crippen LogP contribution is 2.23. The topological polar surface area (TPSA) is 149 Å². The van der Waals surface area contributed by atoms with E-state index in [-0.39, 0.29) is 24.9 Å². The van der Waals surface area contributed by atoms with Gasteiger partial charge in [0.15, 0.2) is 12.2 Å². The third-order valence-electron chi connectivity index (χ3n) is 5.37. The molecule has 3 rings (SSSR count). The molecule has 2 aromatic carbocycles.